The van der Waals surface area contributed by atoms with E-state index in [1.165, 1.54) is 29.2 Å². The minimum atomic E-state index is -4.77. The fourth-order valence-corrected chi connectivity index (χ4v) is 5.09. The summed E-state index contributed by atoms with van der Waals surface area (Å²) in [5.41, 5.74) is -2.49. The number of aliphatic hydroxyl groups excluding tert-OH is 1. The first-order valence-electron chi connectivity index (χ1n) is 9.76. The monoisotopic (exact) mass is 460 g/mol. The molecule has 2 aromatic carbocycles. The Morgan fingerprint density at radius 1 is 1.00 bits per heavy atom. The van der Waals surface area contributed by atoms with Crippen molar-refractivity contribution >= 4 is 28.7 Å². The fraction of sp³-hybridized carbons (Fsp3) is 0.318. The molecule has 1 heterocycles. The number of aliphatic hydroxyl groups is 1. The van der Waals surface area contributed by atoms with Gasteiger partial charge in [0, 0.05) is 11.4 Å². The van der Waals surface area contributed by atoms with Crippen molar-refractivity contribution in [2.24, 2.45) is 0 Å². The number of alkyl halides is 3. The topological polar surface area (TPSA) is 74.3 Å². The number of thiocarbonyl (C=S) groups is 1. The smallest absolute Gasteiger partial charge is 0.371 e. The van der Waals surface area contributed by atoms with Gasteiger partial charge in [-0.3, -0.25) is 4.90 Å². The third-order valence-corrected chi connectivity index (χ3v) is 6.46. The summed E-state index contributed by atoms with van der Waals surface area (Å²) >= 11 is 5.57. The van der Waals surface area contributed by atoms with E-state index in [4.69, 9.17) is 22.7 Å². The summed E-state index contributed by atoms with van der Waals surface area (Å²) < 4.78 is 54.9. The average Bonchev–Trinajstić information content (AvgIpc) is 3.31. The maximum absolute atomic E-state index is 14.4. The van der Waals surface area contributed by atoms with E-state index >= 15 is 0 Å². The summed E-state index contributed by atoms with van der Waals surface area (Å²) in [5, 5.41) is 29.4. The second-order valence-corrected chi connectivity index (χ2v) is 8.15. The number of rotatable bonds is 2. The number of hydrogen-bond acceptors (Lipinski definition) is 4. The molecule has 1 unspecified atom stereocenters. The third kappa shape index (κ3) is 3.27. The van der Waals surface area contributed by atoms with E-state index in [1.807, 2.05) is 0 Å². The Bertz CT molecular complexity index is 1180. The van der Waals surface area contributed by atoms with Crippen LogP contribution in [0.1, 0.15) is 42.4 Å². The highest BCUT2D eigenvalue weighted by molar-refractivity contribution is 7.80. The van der Waals surface area contributed by atoms with E-state index in [9.17, 15) is 22.7 Å². The van der Waals surface area contributed by atoms with Crippen molar-refractivity contribution in [3.63, 3.8) is 0 Å². The Morgan fingerprint density at radius 3 is 2.16 bits per heavy atom. The van der Waals surface area contributed by atoms with Crippen LogP contribution < -0.4 is 9.80 Å². The minimum Gasteiger partial charge on any atom is -0.371 e. The summed E-state index contributed by atoms with van der Waals surface area (Å²) in [4.78, 5) is 2.79. The highest BCUT2D eigenvalue weighted by atomic mass is 32.1. The second-order valence-electron chi connectivity index (χ2n) is 7.79. The molecular weight excluding hydrogens is 444 g/mol. The number of benzene rings is 2. The molecule has 0 aromatic heterocycles. The number of nitrogens with zero attached hydrogens (tertiary/aromatic N) is 4. The van der Waals surface area contributed by atoms with Crippen molar-refractivity contribution in [3.05, 3.63) is 58.9 Å². The van der Waals surface area contributed by atoms with Gasteiger partial charge in [-0.1, -0.05) is 12.8 Å². The standard InChI is InChI=1S/C22H16F4N4OS/c23-18-10-16(6-4-14(18)12-28)30-20(32)29(19(31)21(30)7-1-2-8-21)15-5-3-13(11-27)17(9-15)22(24,25)26/h3-6,9-10,19,31H,1-2,7-8H2. The van der Waals surface area contributed by atoms with Gasteiger partial charge in [0.05, 0.1) is 28.3 Å². The molecule has 1 atom stereocenters. The van der Waals surface area contributed by atoms with Crippen molar-refractivity contribution in [2.45, 2.75) is 43.6 Å². The summed E-state index contributed by atoms with van der Waals surface area (Å²) in [7, 11) is 0. The summed E-state index contributed by atoms with van der Waals surface area (Å²) in [6.07, 6.45) is -3.56. The highest BCUT2D eigenvalue weighted by Crippen LogP contribution is 2.48. The molecule has 164 valence electrons. The summed E-state index contributed by atoms with van der Waals surface area (Å²) in [6, 6.07) is 10.3. The van der Waals surface area contributed by atoms with Crippen LogP contribution >= 0.6 is 12.2 Å². The molecule has 0 amide bonds. The van der Waals surface area contributed by atoms with E-state index in [0.717, 1.165) is 31.0 Å². The first-order valence-corrected chi connectivity index (χ1v) is 10.2. The maximum Gasteiger partial charge on any atom is 0.417 e. The lowest BCUT2D eigenvalue weighted by Crippen LogP contribution is -2.50. The zero-order chi connectivity index (χ0) is 23.3. The van der Waals surface area contributed by atoms with Crippen LogP contribution in [0.2, 0.25) is 0 Å². The van der Waals surface area contributed by atoms with Crippen LogP contribution in [0.4, 0.5) is 28.9 Å². The van der Waals surface area contributed by atoms with Gasteiger partial charge < -0.3 is 10.0 Å². The maximum atomic E-state index is 14.4. The number of halogens is 4. The molecule has 0 radical (unpaired) electrons. The Labute approximate surface area is 186 Å². The Kier molecular flexibility index (Phi) is 5.32. The molecule has 1 saturated carbocycles. The number of hydrogen-bond donors (Lipinski definition) is 1. The molecule has 1 spiro atoms. The molecule has 1 saturated heterocycles. The normalized spacial score (nSPS) is 20.0. The predicted octanol–water partition coefficient (Wildman–Crippen LogP) is 4.83. The molecule has 10 heteroatoms. The van der Waals surface area contributed by atoms with E-state index in [1.54, 1.807) is 11.0 Å². The quantitative estimate of drug-likeness (QED) is 0.511. The van der Waals surface area contributed by atoms with Crippen molar-refractivity contribution in [3.8, 4) is 12.1 Å². The molecule has 1 aliphatic heterocycles. The van der Waals surface area contributed by atoms with E-state index in [0.29, 0.717) is 18.5 Å². The fourth-order valence-electron chi connectivity index (χ4n) is 4.59. The molecule has 5 nitrogen and oxygen atoms in total. The van der Waals surface area contributed by atoms with Crippen LogP contribution in [0, 0.1) is 28.5 Å². The van der Waals surface area contributed by atoms with E-state index in [-0.39, 0.29) is 16.4 Å². The van der Waals surface area contributed by atoms with Gasteiger partial charge in [-0.05, 0) is 61.5 Å². The Morgan fingerprint density at radius 2 is 1.59 bits per heavy atom. The van der Waals surface area contributed by atoms with Crippen LogP contribution in [0.5, 0.6) is 0 Å². The lowest BCUT2D eigenvalue weighted by atomic mass is 9.93. The third-order valence-electron chi connectivity index (χ3n) is 6.08. The zero-order valence-electron chi connectivity index (χ0n) is 16.5. The zero-order valence-corrected chi connectivity index (χ0v) is 17.3. The molecule has 4 rings (SSSR count). The van der Waals surface area contributed by atoms with Gasteiger partial charge in [0.1, 0.15) is 11.9 Å². The van der Waals surface area contributed by atoms with Crippen molar-refractivity contribution in [1.29, 1.82) is 10.5 Å². The molecule has 0 bridgehead atoms. The van der Waals surface area contributed by atoms with Crippen molar-refractivity contribution < 1.29 is 22.7 Å². The average molecular weight is 460 g/mol. The molecule has 2 aromatic rings. The van der Waals surface area contributed by atoms with E-state index in [2.05, 4.69) is 0 Å². The minimum absolute atomic E-state index is 0.0151. The molecule has 1 aliphatic carbocycles. The first-order chi connectivity index (χ1) is 15.1. The van der Waals surface area contributed by atoms with Crippen LogP contribution in [-0.2, 0) is 6.18 Å². The number of nitriles is 2. The second kappa shape index (κ2) is 7.73. The first kappa shape index (κ1) is 22.0. The van der Waals surface area contributed by atoms with Crippen LogP contribution in [0.15, 0.2) is 36.4 Å². The largest absolute Gasteiger partial charge is 0.417 e. The molecule has 1 N–H and O–H groups in total. The van der Waals surface area contributed by atoms with Gasteiger partial charge >= 0.3 is 6.18 Å². The summed E-state index contributed by atoms with van der Waals surface area (Å²) in [5.74, 6) is -0.758. The number of anilines is 2. The van der Waals surface area contributed by atoms with E-state index < -0.39 is 34.9 Å². The lowest BCUT2D eigenvalue weighted by Gasteiger charge is -2.36. The van der Waals surface area contributed by atoms with Gasteiger partial charge in [0.25, 0.3) is 0 Å². The highest BCUT2D eigenvalue weighted by Gasteiger charge is 2.57. The van der Waals surface area contributed by atoms with Crippen LogP contribution in [0.3, 0.4) is 0 Å². The Hall–Kier alpha value is -3.21. The van der Waals surface area contributed by atoms with Crippen LogP contribution in [0.25, 0.3) is 0 Å². The van der Waals surface area contributed by atoms with Crippen molar-refractivity contribution in [1.82, 2.24) is 0 Å². The van der Waals surface area contributed by atoms with Gasteiger partial charge in [-0.25, -0.2) is 4.39 Å². The van der Waals surface area contributed by atoms with Crippen molar-refractivity contribution in [2.75, 3.05) is 9.80 Å². The lowest BCUT2D eigenvalue weighted by molar-refractivity contribution is -0.137. The SMILES string of the molecule is N#Cc1ccc(N2C(=S)N(c3ccc(C#N)c(C(F)(F)F)c3)C(O)C23CCCC3)cc1F. The Balaban J connectivity index is 1.85. The molecule has 2 aliphatic rings. The van der Waals surface area contributed by atoms with Crippen LogP contribution in [-0.4, -0.2) is 22.0 Å². The van der Waals surface area contributed by atoms with Gasteiger partial charge in [-0.15, -0.1) is 0 Å². The van der Waals surface area contributed by atoms with Gasteiger partial charge in [0.2, 0.25) is 0 Å². The van der Waals surface area contributed by atoms with Gasteiger partial charge in [-0.2, -0.15) is 23.7 Å². The molecule has 2 fully saturated rings. The molecular formula is C22H16F4N4OS. The molecule has 32 heavy (non-hydrogen) atoms. The predicted molar refractivity (Wildman–Crippen MR) is 112 cm³/mol. The van der Waals surface area contributed by atoms with Gasteiger partial charge in [0.15, 0.2) is 11.3 Å². The summed E-state index contributed by atoms with van der Waals surface area (Å²) in [6.45, 7) is 0.